The van der Waals surface area contributed by atoms with Gasteiger partial charge in [0, 0.05) is 29.4 Å². The van der Waals surface area contributed by atoms with E-state index in [4.69, 9.17) is 17.3 Å². The van der Waals surface area contributed by atoms with Crippen LogP contribution in [0.1, 0.15) is 29.3 Å². The molecule has 3 nitrogen and oxygen atoms in total. The highest BCUT2D eigenvalue weighted by Gasteiger charge is 2.15. The summed E-state index contributed by atoms with van der Waals surface area (Å²) >= 11 is 5.87. The number of carbonyl (C=O) groups is 1. The monoisotopic (exact) mass is 302 g/mol. The maximum atomic E-state index is 12.6. The number of anilines is 1. The molecule has 21 heavy (non-hydrogen) atoms. The topological polar surface area (TPSA) is 46.3 Å². The van der Waals surface area contributed by atoms with Crippen LogP contribution in [0.4, 0.5) is 5.69 Å². The molecule has 2 rings (SSSR count). The van der Waals surface area contributed by atoms with Gasteiger partial charge in [-0.05, 0) is 48.4 Å². The summed E-state index contributed by atoms with van der Waals surface area (Å²) in [6, 6.07) is 14.6. The van der Waals surface area contributed by atoms with Crippen molar-refractivity contribution in [3.63, 3.8) is 0 Å². The van der Waals surface area contributed by atoms with Gasteiger partial charge in [-0.1, -0.05) is 30.7 Å². The Balaban J connectivity index is 2.18. The zero-order valence-electron chi connectivity index (χ0n) is 12.1. The molecular weight excluding hydrogens is 284 g/mol. The molecule has 0 fully saturated rings. The molecule has 1 amide bonds. The van der Waals surface area contributed by atoms with Crippen LogP contribution in [0, 0.1) is 0 Å². The van der Waals surface area contributed by atoms with Gasteiger partial charge >= 0.3 is 0 Å². The normalized spacial score (nSPS) is 10.4. The fourth-order valence-electron chi connectivity index (χ4n) is 2.21. The number of amides is 1. The highest BCUT2D eigenvalue weighted by molar-refractivity contribution is 6.30. The molecule has 0 saturated heterocycles. The van der Waals surface area contributed by atoms with Crippen molar-refractivity contribution in [1.82, 2.24) is 4.90 Å². The zero-order valence-corrected chi connectivity index (χ0v) is 12.8. The molecule has 0 aliphatic carbocycles. The molecule has 4 heteroatoms. The summed E-state index contributed by atoms with van der Waals surface area (Å²) in [4.78, 5) is 14.4. The number of hydrogen-bond donors (Lipinski definition) is 1. The van der Waals surface area contributed by atoms with Crippen molar-refractivity contribution < 1.29 is 4.79 Å². The average Bonchev–Trinajstić information content (AvgIpc) is 2.47. The summed E-state index contributed by atoms with van der Waals surface area (Å²) in [6.07, 6.45) is 0.904. The van der Waals surface area contributed by atoms with Crippen molar-refractivity contribution in [3.8, 4) is 0 Å². The Labute approximate surface area is 130 Å². The zero-order chi connectivity index (χ0) is 15.2. The van der Waals surface area contributed by atoms with Crippen LogP contribution in [0.2, 0.25) is 5.02 Å². The molecule has 2 aromatic carbocycles. The van der Waals surface area contributed by atoms with E-state index in [1.165, 1.54) is 0 Å². The number of carbonyl (C=O) groups excluding carboxylic acids is 1. The lowest BCUT2D eigenvalue weighted by molar-refractivity contribution is 0.0743. The standard InChI is InChI=1S/C17H19ClN2O/c1-2-10-20(12-13-4-3-5-16(19)11-13)17(21)14-6-8-15(18)9-7-14/h3-9,11H,2,10,12,19H2,1H3. The van der Waals surface area contributed by atoms with E-state index >= 15 is 0 Å². The van der Waals surface area contributed by atoms with Crippen LogP contribution in [-0.4, -0.2) is 17.4 Å². The van der Waals surface area contributed by atoms with Crippen LogP contribution in [-0.2, 0) is 6.54 Å². The van der Waals surface area contributed by atoms with Gasteiger partial charge in [0.1, 0.15) is 0 Å². The molecule has 0 saturated carbocycles. The lowest BCUT2D eigenvalue weighted by Gasteiger charge is -2.22. The Hall–Kier alpha value is -2.00. The lowest BCUT2D eigenvalue weighted by atomic mass is 10.1. The third kappa shape index (κ3) is 4.23. The van der Waals surface area contributed by atoms with Gasteiger partial charge in [0.05, 0.1) is 0 Å². The summed E-state index contributed by atoms with van der Waals surface area (Å²) in [5, 5.41) is 0.629. The first kappa shape index (κ1) is 15.4. The van der Waals surface area contributed by atoms with Gasteiger partial charge in [0.2, 0.25) is 0 Å². The number of nitrogens with two attached hydrogens (primary N) is 1. The van der Waals surface area contributed by atoms with Crippen molar-refractivity contribution in [3.05, 3.63) is 64.7 Å². The van der Waals surface area contributed by atoms with Crippen LogP contribution in [0.25, 0.3) is 0 Å². The van der Waals surface area contributed by atoms with Gasteiger partial charge in [0.15, 0.2) is 0 Å². The summed E-state index contributed by atoms with van der Waals surface area (Å²) in [5.41, 5.74) is 8.19. The van der Waals surface area contributed by atoms with E-state index < -0.39 is 0 Å². The second-order valence-electron chi connectivity index (χ2n) is 4.98. The van der Waals surface area contributed by atoms with Crippen LogP contribution in [0.15, 0.2) is 48.5 Å². The number of hydrogen-bond acceptors (Lipinski definition) is 2. The van der Waals surface area contributed by atoms with Crippen LogP contribution in [0.3, 0.4) is 0 Å². The van der Waals surface area contributed by atoms with E-state index in [2.05, 4.69) is 6.92 Å². The fraction of sp³-hybridized carbons (Fsp3) is 0.235. The molecular formula is C17H19ClN2O. The molecule has 0 heterocycles. The maximum absolute atomic E-state index is 12.6. The molecule has 0 spiro atoms. The number of benzene rings is 2. The van der Waals surface area contributed by atoms with Crippen molar-refractivity contribution in [1.29, 1.82) is 0 Å². The van der Waals surface area contributed by atoms with Crippen LogP contribution < -0.4 is 5.73 Å². The van der Waals surface area contributed by atoms with Gasteiger partial charge < -0.3 is 10.6 Å². The second-order valence-corrected chi connectivity index (χ2v) is 5.42. The Kier molecular flexibility index (Phi) is 5.23. The van der Waals surface area contributed by atoms with E-state index in [-0.39, 0.29) is 5.91 Å². The van der Waals surface area contributed by atoms with E-state index in [0.717, 1.165) is 12.0 Å². The Bertz CT molecular complexity index is 610. The first-order valence-corrected chi connectivity index (χ1v) is 7.37. The van der Waals surface area contributed by atoms with Crippen LogP contribution in [0.5, 0.6) is 0 Å². The molecule has 0 atom stereocenters. The number of nitrogens with zero attached hydrogens (tertiary/aromatic N) is 1. The minimum Gasteiger partial charge on any atom is -0.399 e. The SMILES string of the molecule is CCCN(Cc1cccc(N)c1)C(=O)c1ccc(Cl)cc1. The summed E-state index contributed by atoms with van der Waals surface area (Å²) in [6.45, 7) is 3.32. The third-order valence-electron chi connectivity index (χ3n) is 3.20. The molecule has 0 radical (unpaired) electrons. The lowest BCUT2D eigenvalue weighted by Crippen LogP contribution is -2.31. The Morgan fingerprint density at radius 1 is 1.19 bits per heavy atom. The predicted octanol–water partition coefficient (Wildman–Crippen LogP) is 3.97. The maximum Gasteiger partial charge on any atom is 0.254 e. The summed E-state index contributed by atoms with van der Waals surface area (Å²) in [5.74, 6) is 0.0101. The van der Waals surface area contributed by atoms with E-state index in [1.54, 1.807) is 24.3 Å². The van der Waals surface area contributed by atoms with E-state index in [1.807, 2.05) is 29.2 Å². The third-order valence-corrected chi connectivity index (χ3v) is 3.45. The van der Waals surface area contributed by atoms with E-state index in [0.29, 0.717) is 29.4 Å². The number of rotatable bonds is 5. The van der Waals surface area contributed by atoms with Crippen molar-refractivity contribution in [2.24, 2.45) is 0 Å². The fourth-order valence-corrected chi connectivity index (χ4v) is 2.34. The van der Waals surface area contributed by atoms with Gasteiger partial charge in [-0.2, -0.15) is 0 Å². The highest BCUT2D eigenvalue weighted by Crippen LogP contribution is 2.15. The molecule has 0 unspecified atom stereocenters. The Morgan fingerprint density at radius 2 is 1.90 bits per heavy atom. The quantitative estimate of drug-likeness (QED) is 0.849. The summed E-state index contributed by atoms with van der Waals surface area (Å²) in [7, 11) is 0. The largest absolute Gasteiger partial charge is 0.399 e. The van der Waals surface area contributed by atoms with Crippen LogP contribution >= 0.6 is 11.6 Å². The second kappa shape index (κ2) is 7.14. The van der Waals surface area contributed by atoms with Gasteiger partial charge in [-0.25, -0.2) is 0 Å². The smallest absolute Gasteiger partial charge is 0.254 e. The molecule has 110 valence electrons. The van der Waals surface area contributed by atoms with Gasteiger partial charge in [-0.3, -0.25) is 4.79 Å². The summed E-state index contributed by atoms with van der Waals surface area (Å²) < 4.78 is 0. The van der Waals surface area contributed by atoms with Crippen molar-refractivity contribution >= 4 is 23.2 Å². The molecule has 2 aromatic rings. The number of halogens is 1. The molecule has 0 aromatic heterocycles. The highest BCUT2D eigenvalue weighted by atomic mass is 35.5. The number of nitrogen functional groups attached to an aromatic ring is 1. The molecule has 0 aliphatic rings. The van der Waals surface area contributed by atoms with Crippen molar-refractivity contribution in [2.45, 2.75) is 19.9 Å². The molecule has 0 aliphatic heterocycles. The molecule has 2 N–H and O–H groups in total. The first-order chi connectivity index (χ1) is 10.1. The first-order valence-electron chi connectivity index (χ1n) is 6.99. The molecule has 0 bridgehead atoms. The average molecular weight is 303 g/mol. The van der Waals surface area contributed by atoms with Gasteiger partial charge in [-0.15, -0.1) is 0 Å². The Morgan fingerprint density at radius 3 is 2.52 bits per heavy atom. The van der Waals surface area contributed by atoms with Gasteiger partial charge in [0.25, 0.3) is 5.91 Å². The minimum atomic E-state index is 0.0101. The minimum absolute atomic E-state index is 0.0101. The van der Waals surface area contributed by atoms with E-state index in [9.17, 15) is 4.79 Å². The predicted molar refractivity (Wildman–Crippen MR) is 87.3 cm³/mol. The van der Waals surface area contributed by atoms with Crippen molar-refractivity contribution in [2.75, 3.05) is 12.3 Å².